The first-order chi connectivity index (χ1) is 21.1. The number of likely N-dealkylation sites (N-methyl/N-ethyl adjacent to an activating group) is 1. The Labute approximate surface area is 257 Å². The van der Waals surface area contributed by atoms with Crippen LogP contribution in [0.3, 0.4) is 0 Å². The Kier molecular flexibility index (Phi) is 9.28. The normalized spacial score (nSPS) is 14.8. The Bertz CT molecular complexity index is 1800. The zero-order valence-electron chi connectivity index (χ0n) is 24.4. The summed E-state index contributed by atoms with van der Waals surface area (Å²) in [6.07, 6.45) is 5.44. The number of sulfonamides is 1. The smallest absolute Gasteiger partial charge is 0.340 e. The number of para-hydroxylation sites is 1. The van der Waals surface area contributed by atoms with Crippen molar-refractivity contribution in [1.29, 1.82) is 0 Å². The summed E-state index contributed by atoms with van der Waals surface area (Å²) < 4.78 is 58.7. The molecule has 0 N–H and O–H groups in total. The Hall–Kier alpha value is -4.33. The van der Waals surface area contributed by atoms with Crippen molar-refractivity contribution in [1.82, 2.24) is 19.2 Å². The second kappa shape index (κ2) is 13.1. The van der Waals surface area contributed by atoms with E-state index in [1.54, 1.807) is 17.0 Å². The van der Waals surface area contributed by atoms with Crippen LogP contribution >= 0.6 is 0 Å². The maximum absolute atomic E-state index is 14.0. The first kappa shape index (κ1) is 31.1. The largest absolute Gasteiger partial charge is 0.379 e. The highest BCUT2D eigenvalue weighted by atomic mass is 32.2. The zero-order valence-corrected chi connectivity index (χ0v) is 26.0. The lowest BCUT2D eigenvalue weighted by Gasteiger charge is -2.39. The van der Waals surface area contributed by atoms with Gasteiger partial charge in [-0.25, -0.2) is 8.42 Å². The molecule has 0 aliphatic carbocycles. The topological polar surface area (TPSA) is 130 Å². The number of carbonyl (C=O) groups is 1. The minimum absolute atomic E-state index is 0.0194. The SMILES string of the molecule is Cc1ccccc1N1CCN(C(=O)[C@H](Cc2ccc(OS(=O)(=O)c3cccnc3)cc2)N(C)S(=O)(=O)c2cccnc2)CC1. The molecule has 0 radical (unpaired) electrons. The molecule has 2 aromatic heterocycles. The Morgan fingerprint density at radius 3 is 2.05 bits per heavy atom. The van der Waals surface area contributed by atoms with Crippen LogP contribution in [0.1, 0.15) is 11.1 Å². The lowest BCUT2D eigenvalue weighted by atomic mass is 10.0. The van der Waals surface area contributed by atoms with E-state index in [2.05, 4.69) is 20.9 Å². The fraction of sp³-hybridized carbons (Fsp3) is 0.258. The average molecular weight is 636 g/mol. The number of anilines is 1. The van der Waals surface area contributed by atoms with Crippen LogP contribution in [0.5, 0.6) is 5.75 Å². The van der Waals surface area contributed by atoms with Crippen molar-refractivity contribution in [2.75, 3.05) is 38.1 Å². The third-order valence-corrected chi connectivity index (χ3v) is 10.6. The number of hydrogen-bond donors (Lipinski definition) is 0. The first-order valence-corrected chi connectivity index (χ1v) is 16.8. The minimum atomic E-state index is -4.09. The molecule has 4 aromatic rings. The molecule has 1 atom stereocenters. The van der Waals surface area contributed by atoms with Gasteiger partial charge in [0.2, 0.25) is 15.9 Å². The van der Waals surface area contributed by atoms with E-state index >= 15 is 0 Å². The highest BCUT2D eigenvalue weighted by molar-refractivity contribution is 7.89. The van der Waals surface area contributed by atoms with Gasteiger partial charge in [-0.1, -0.05) is 30.3 Å². The van der Waals surface area contributed by atoms with Crippen LogP contribution in [0.25, 0.3) is 0 Å². The molecule has 0 bridgehead atoms. The number of benzene rings is 2. The van der Waals surface area contributed by atoms with E-state index < -0.39 is 26.2 Å². The van der Waals surface area contributed by atoms with Gasteiger partial charge in [-0.05, 0) is 66.9 Å². The monoisotopic (exact) mass is 635 g/mol. The van der Waals surface area contributed by atoms with Crippen molar-refractivity contribution < 1.29 is 25.8 Å². The number of amides is 1. The number of aryl methyl sites for hydroxylation is 1. The van der Waals surface area contributed by atoms with Crippen LogP contribution < -0.4 is 9.08 Å². The van der Waals surface area contributed by atoms with Crippen molar-refractivity contribution in [2.24, 2.45) is 0 Å². The maximum Gasteiger partial charge on any atom is 0.340 e. The number of hydrogen-bond acceptors (Lipinski definition) is 9. The van der Waals surface area contributed by atoms with Crippen molar-refractivity contribution in [2.45, 2.75) is 29.2 Å². The second-order valence-electron chi connectivity index (χ2n) is 10.4. The van der Waals surface area contributed by atoms with Crippen LogP contribution in [0.15, 0.2) is 107 Å². The van der Waals surface area contributed by atoms with Crippen LogP contribution in [0.2, 0.25) is 0 Å². The minimum Gasteiger partial charge on any atom is -0.379 e. The number of rotatable bonds is 10. The van der Waals surface area contributed by atoms with Crippen LogP contribution in [-0.2, 0) is 31.4 Å². The van der Waals surface area contributed by atoms with Gasteiger partial charge in [0, 0.05) is 63.7 Å². The molecular weight excluding hydrogens is 603 g/mol. The Morgan fingerprint density at radius 1 is 0.841 bits per heavy atom. The molecule has 11 nitrogen and oxygen atoms in total. The molecule has 0 unspecified atom stereocenters. The zero-order chi connectivity index (χ0) is 31.3. The molecule has 2 aromatic carbocycles. The van der Waals surface area contributed by atoms with Crippen molar-refractivity contribution in [3.8, 4) is 5.75 Å². The molecule has 13 heteroatoms. The maximum atomic E-state index is 14.0. The second-order valence-corrected chi connectivity index (χ2v) is 13.9. The standard InChI is InChI=1S/C31H33N5O6S2/c1-24-7-3-4-10-29(24)35-17-19-36(20-18-35)31(37)30(34(2)43(38,39)27-8-5-15-32-22-27)21-25-11-13-26(14-12-25)42-44(40,41)28-9-6-16-33-23-28/h3-16,22-23,30H,17-21H2,1-2H3/t30-/m0/s1. The molecule has 0 saturated carbocycles. The molecule has 1 aliphatic heterocycles. The molecule has 1 fully saturated rings. The predicted molar refractivity (Wildman–Crippen MR) is 165 cm³/mol. The van der Waals surface area contributed by atoms with Crippen molar-refractivity contribution >= 4 is 31.7 Å². The summed E-state index contributed by atoms with van der Waals surface area (Å²) in [4.78, 5) is 25.6. The van der Waals surface area contributed by atoms with Gasteiger partial charge in [0.1, 0.15) is 21.6 Å². The van der Waals surface area contributed by atoms with Gasteiger partial charge in [-0.3, -0.25) is 14.8 Å². The Morgan fingerprint density at radius 2 is 1.45 bits per heavy atom. The molecule has 230 valence electrons. The molecule has 1 amide bonds. The van der Waals surface area contributed by atoms with E-state index in [4.69, 9.17) is 4.18 Å². The van der Waals surface area contributed by atoms with Crippen molar-refractivity contribution in [3.05, 3.63) is 109 Å². The quantitative estimate of drug-likeness (QED) is 0.241. The van der Waals surface area contributed by atoms with Gasteiger partial charge >= 0.3 is 10.1 Å². The van der Waals surface area contributed by atoms with Gasteiger partial charge in [-0.15, -0.1) is 0 Å². The summed E-state index contributed by atoms with van der Waals surface area (Å²) in [6.45, 7) is 4.14. The molecule has 1 aliphatic rings. The molecular formula is C31H33N5O6S2. The van der Waals surface area contributed by atoms with E-state index in [1.165, 1.54) is 68.2 Å². The molecule has 0 spiro atoms. The number of pyridine rings is 2. The first-order valence-electron chi connectivity index (χ1n) is 14.0. The van der Waals surface area contributed by atoms with Crippen LogP contribution in [-0.4, -0.2) is 81.2 Å². The van der Waals surface area contributed by atoms with E-state index in [-0.39, 0.29) is 27.9 Å². The highest BCUT2D eigenvalue weighted by Crippen LogP contribution is 2.25. The fourth-order valence-electron chi connectivity index (χ4n) is 5.08. The summed E-state index contributed by atoms with van der Waals surface area (Å²) in [7, 11) is -6.75. The summed E-state index contributed by atoms with van der Waals surface area (Å²) >= 11 is 0. The summed E-state index contributed by atoms with van der Waals surface area (Å²) in [5.41, 5.74) is 2.88. The van der Waals surface area contributed by atoms with Gasteiger partial charge in [0.05, 0.1) is 0 Å². The number of piperazine rings is 1. The molecule has 44 heavy (non-hydrogen) atoms. The van der Waals surface area contributed by atoms with E-state index in [1.807, 2.05) is 25.1 Å². The lowest BCUT2D eigenvalue weighted by Crippen LogP contribution is -2.56. The number of aromatic nitrogens is 2. The summed E-state index contributed by atoms with van der Waals surface area (Å²) in [6, 6.07) is 19.0. The Balaban J connectivity index is 1.36. The van der Waals surface area contributed by atoms with Crippen LogP contribution in [0, 0.1) is 6.92 Å². The fourth-order valence-corrected chi connectivity index (χ4v) is 7.25. The molecule has 1 saturated heterocycles. The lowest BCUT2D eigenvalue weighted by molar-refractivity contribution is -0.135. The number of carbonyl (C=O) groups excluding carboxylic acids is 1. The van der Waals surface area contributed by atoms with Gasteiger partial charge in [0.25, 0.3) is 0 Å². The highest BCUT2D eigenvalue weighted by Gasteiger charge is 2.36. The average Bonchev–Trinajstić information content (AvgIpc) is 3.05. The molecule has 5 rings (SSSR count). The van der Waals surface area contributed by atoms with E-state index in [9.17, 15) is 21.6 Å². The van der Waals surface area contributed by atoms with Gasteiger partial charge in [-0.2, -0.15) is 12.7 Å². The van der Waals surface area contributed by atoms with E-state index in [0.29, 0.717) is 31.7 Å². The van der Waals surface area contributed by atoms with E-state index in [0.717, 1.165) is 15.6 Å². The van der Waals surface area contributed by atoms with Crippen molar-refractivity contribution in [3.63, 3.8) is 0 Å². The van der Waals surface area contributed by atoms with Gasteiger partial charge in [0.15, 0.2) is 0 Å². The van der Waals surface area contributed by atoms with Gasteiger partial charge < -0.3 is 14.0 Å². The summed E-state index contributed by atoms with van der Waals surface area (Å²) in [5.74, 6) is -0.243. The third kappa shape index (κ3) is 6.90. The van der Waals surface area contributed by atoms with Crippen LogP contribution in [0.4, 0.5) is 5.69 Å². The number of nitrogens with zero attached hydrogens (tertiary/aromatic N) is 5. The molecule has 3 heterocycles. The predicted octanol–water partition coefficient (Wildman–Crippen LogP) is 3.13. The third-order valence-electron chi connectivity index (χ3n) is 7.56. The summed E-state index contributed by atoms with van der Waals surface area (Å²) in [5, 5.41) is 0.